The van der Waals surface area contributed by atoms with E-state index in [1.54, 1.807) is 55.7 Å². The largest absolute Gasteiger partial charge is 0.493 e. The number of fused-ring (bicyclic) bond motifs is 1. The molecule has 0 aliphatic rings. The highest BCUT2D eigenvalue weighted by molar-refractivity contribution is 9.10. The molecule has 0 saturated carbocycles. The number of rotatable bonds is 7. The van der Waals surface area contributed by atoms with E-state index in [0.29, 0.717) is 32.8 Å². The minimum atomic E-state index is -0.471. The van der Waals surface area contributed by atoms with Gasteiger partial charge in [-0.3, -0.25) is 9.59 Å². The van der Waals surface area contributed by atoms with Gasteiger partial charge in [0.05, 0.1) is 19.8 Å². The lowest BCUT2D eigenvalue weighted by Crippen LogP contribution is -2.31. The van der Waals surface area contributed by atoms with Crippen LogP contribution in [-0.2, 0) is 4.79 Å². The number of methoxy groups -OCH3 is 2. The van der Waals surface area contributed by atoms with Gasteiger partial charge in [0.2, 0.25) is 0 Å². The number of aromatic nitrogens is 1. The fraction of sp³-hybridized carbons (Fsp3) is 0.0769. The number of aromatic amines is 1. The van der Waals surface area contributed by atoms with Crippen molar-refractivity contribution in [2.45, 2.75) is 0 Å². The molecule has 172 valence electrons. The van der Waals surface area contributed by atoms with Crippen LogP contribution >= 0.6 is 15.9 Å². The number of H-pyrrole nitrogens is 1. The Hall–Kier alpha value is -4.04. The summed E-state index contributed by atoms with van der Waals surface area (Å²) in [5.41, 5.74) is 2.60. The fourth-order valence-corrected chi connectivity index (χ4v) is 3.89. The van der Waals surface area contributed by atoms with E-state index < -0.39 is 11.8 Å². The predicted molar refractivity (Wildman–Crippen MR) is 136 cm³/mol. The summed E-state index contributed by atoms with van der Waals surface area (Å²) in [6, 6.07) is 19.7. The molecule has 34 heavy (non-hydrogen) atoms. The average molecular weight is 520 g/mol. The molecule has 0 fully saturated rings. The second-order valence-electron chi connectivity index (χ2n) is 7.34. The Morgan fingerprint density at radius 2 is 1.74 bits per heavy atom. The third kappa shape index (κ3) is 5.13. The van der Waals surface area contributed by atoms with Crippen LogP contribution in [0, 0.1) is 0 Å². The number of carbonyl (C=O) groups excluding carboxylic acids is 2. The molecule has 3 aromatic carbocycles. The van der Waals surface area contributed by atoms with E-state index in [-0.39, 0.29) is 5.70 Å². The number of amides is 2. The Morgan fingerprint density at radius 3 is 2.50 bits per heavy atom. The molecule has 0 atom stereocenters. The standard InChI is InChI=1S/C26H22BrN3O4/c1-33-23-10-7-16(14-24(23)34-2)13-22(30-25(31)19-5-3-4-6-20(19)27)26(32)29-18-9-8-17-11-12-28-21(17)15-18/h3-15,28H,1-2H3,(H,29,32)(H,30,31)/b22-13+. The molecule has 0 spiro atoms. The smallest absolute Gasteiger partial charge is 0.272 e. The normalized spacial score (nSPS) is 11.2. The minimum absolute atomic E-state index is 0.0690. The van der Waals surface area contributed by atoms with E-state index in [2.05, 4.69) is 31.5 Å². The van der Waals surface area contributed by atoms with Gasteiger partial charge in [0.1, 0.15) is 5.70 Å². The van der Waals surface area contributed by atoms with Gasteiger partial charge in [-0.2, -0.15) is 0 Å². The van der Waals surface area contributed by atoms with E-state index >= 15 is 0 Å². The third-order valence-corrected chi connectivity index (χ3v) is 5.83. The summed E-state index contributed by atoms with van der Waals surface area (Å²) in [5.74, 6) is 0.169. The number of benzene rings is 3. The first-order valence-electron chi connectivity index (χ1n) is 10.4. The number of ether oxygens (including phenoxy) is 2. The van der Waals surface area contributed by atoms with Crippen LogP contribution in [0.5, 0.6) is 11.5 Å². The summed E-state index contributed by atoms with van der Waals surface area (Å²) in [6.45, 7) is 0. The molecule has 4 rings (SSSR count). The van der Waals surface area contributed by atoms with Gasteiger partial charge in [-0.05, 0) is 75.4 Å². The molecule has 0 unspecified atom stereocenters. The molecule has 0 radical (unpaired) electrons. The van der Waals surface area contributed by atoms with Crippen LogP contribution in [0.2, 0.25) is 0 Å². The summed E-state index contributed by atoms with van der Waals surface area (Å²) >= 11 is 3.38. The van der Waals surface area contributed by atoms with Gasteiger partial charge in [-0.1, -0.05) is 24.3 Å². The molecule has 3 N–H and O–H groups in total. The molecular formula is C26H22BrN3O4. The zero-order valence-corrected chi connectivity index (χ0v) is 20.1. The van der Waals surface area contributed by atoms with Crippen LogP contribution in [0.25, 0.3) is 17.0 Å². The zero-order valence-electron chi connectivity index (χ0n) is 18.5. The number of halogens is 1. The Labute approximate surface area is 204 Å². The predicted octanol–water partition coefficient (Wildman–Crippen LogP) is 5.36. The van der Waals surface area contributed by atoms with Gasteiger partial charge in [0.25, 0.3) is 11.8 Å². The molecule has 4 aromatic rings. The highest BCUT2D eigenvalue weighted by atomic mass is 79.9. The first kappa shape index (κ1) is 23.1. The molecule has 0 aliphatic carbocycles. The lowest BCUT2D eigenvalue weighted by atomic mass is 10.1. The van der Waals surface area contributed by atoms with Crippen LogP contribution in [0.4, 0.5) is 5.69 Å². The molecule has 0 saturated heterocycles. The fourth-order valence-electron chi connectivity index (χ4n) is 3.43. The lowest BCUT2D eigenvalue weighted by Gasteiger charge is -2.13. The Morgan fingerprint density at radius 1 is 0.941 bits per heavy atom. The number of carbonyl (C=O) groups is 2. The van der Waals surface area contributed by atoms with Crippen molar-refractivity contribution in [3.63, 3.8) is 0 Å². The minimum Gasteiger partial charge on any atom is -0.493 e. The van der Waals surface area contributed by atoms with E-state index in [0.717, 1.165) is 10.9 Å². The molecule has 0 bridgehead atoms. The summed E-state index contributed by atoms with van der Waals surface area (Å²) in [4.78, 5) is 29.3. The van der Waals surface area contributed by atoms with Crippen molar-refractivity contribution in [2.75, 3.05) is 19.5 Å². The summed E-state index contributed by atoms with van der Waals surface area (Å²) in [7, 11) is 3.08. The van der Waals surface area contributed by atoms with Crippen LogP contribution in [0.1, 0.15) is 15.9 Å². The van der Waals surface area contributed by atoms with E-state index in [9.17, 15) is 9.59 Å². The lowest BCUT2D eigenvalue weighted by molar-refractivity contribution is -0.113. The first-order chi connectivity index (χ1) is 16.5. The number of anilines is 1. The quantitative estimate of drug-likeness (QED) is 0.286. The second-order valence-corrected chi connectivity index (χ2v) is 8.19. The maximum absolute atomic E-state index is 13.2. The van der Waals surface area contributed by atoms with Crippen molar-refractivity contribution in [1.82, 2.24) is 10.3 Å². The van der Waals surface area contributed by atoms with E-state index in [1.165, 1.54) is 7.11 Å². The third-order valence-electron chi connectivity index (χ3n) is 5.14. The van der Waals surface area contributed by atoms with Crippen molar-refractivity contribution in [3.05, 3.63) is 94.2 Å². The van der Waals surface area contributed by atoms with E-state index in [4.69, 9.17) is 9.47 Å². The van der Waals surface area contributed by atoms with Crippen molar-refractivity contribution in [1.29, 1.82) is 0 Å². The molecule has 8 heteroatoms. The average Bonchev–Trinajstić information content (AvgIpc) is 3.31. The number of nitrogens with one attached hydrogen (secondary N) is 3. The number of hydrogen-bond acceptors (Lipinski definition) is 4. The maximum Gasteiger partial charge on any atom is 0.272 e. The van der Waals surface area contributed by atoms with Gasteiger partial charge >= 0.3 is 0 Å². The van der Waals surface area contributed by atoms with Crippen molar-refractivity contribution in [3.8, 4) is 11.5 Å². The van der Waals surface area contributed by atoms with Crippen molar-refractivity contribution < 1.29 is 19.1 Å². The molecule has 0 aliphatic heterocycles. The van der Waals surface area contributed by atoms with Crippen LogP contribution in [0.15, 0.2) is 83.1 Å². The Bertz CT molecular complexity index is 1390. The monoisotopic (exact) mass is 519 g/mol. The van der Waals surface area contributed by atoms with Crippen molar-refractivity contribution >= 4 is 50.4 Å². The SMILES string of the molecule is COc1ccc(/C=C(/NC(=O)c2ccccc2Br)C(=O)Nc2ccc3cc[nH]c3c2)cc1OC. The topological polar surface area (TPSA) is 92.5 Å². The molecule has 1 heterocycles. The molecular weight excluding hydrogens is 498 g/mol. The van der Waals surface area contributed by atoms with Crippen LogP contribution in [0.3, 0.4) is 0 Å². The second kappa shape index (κ2) is 10.3. The summed E-state index contributed by atoms with van der Waals surface area (Å²) in [6.07, 6.45) is 3.41. The highest BCUT2D eigenvalue weighted by Gasteiger charge is 2.17. The Kier molecular flexibility index (Phi) is 6.98. The van der Waals surface area contributed by atoms with Crippen molar-refractivity contribution in [2.24, 2.45) is 0 Å². The summed E-state index contributed by atoms with van der Waals surface area (Å²) < 4.78 is 11.3. The maximum atomic E-state index is 13.2. The van der Waals surface area contributed by atoms with Gasteiger partial charge in [0.15, 0.2) is 11.5 Å². The van der Waals surface area contributed by atoms with Crippen LogP contribution in [-0.4, -0.2) is 31.0 Å². The summed E-state index contributed by atoms with van der Waals surface area (Å²) in [5, 5.41) is 6.63. The zero-order chi connectivity index (χ0) is 24.1. The van der Waals surface area contributed by atoms with Crippen LogP contribution < -0.4 is 20.1 Å². The van der Waals surface area contributed by atoms with Gasteiger partial charge < -0.3 is 25.1 Å². The molecule has 7 nitrogen and oxygen atoms in total. The Balaban J connectivity index is 1.67. The first-order valence-corrected chi connectivity index (χ1v) is 11.2. The highest BCUT2D eigenvalue weighted by Crippen LogP contribution is 2.28. The van der Waals surface area contributed by atoms with Gasteiger partial charge in [0, 0.05) is 21.9 Å². The molecule has 2 amide bonds. The number of hydrogen-bond donors (Lipinski definition) is 3. The van der Waals surface area contributed by atoms with Gasteiger partial charge in [-0.15, -0.1) is 0 Å². The van der Waals surface area contributed by atoms with E-state index in [1.807, 2.05) is 30.5 Å². The van der Waals surface area contributed by atoms with Gasteiger partial charge in [-0.25, -0.2) is 0 Å². The molecule has 1 aromatic heterocycles.